The number of nitrogens with two attached hydrogens (primary N) is 1. The number of hydrogen-bond donors (Lipinski definition) is 2. The van der Waals surface area contributed by atoms with Crippen LogP contribution in [0.25, 0.3) is 0 Å². The van der Waals surface area contributed by atoms with E-state index in [0.29, 0.717) is 12.6 Å². The minimum atomic E-state index is 0.299. The van der Waals surface area contributed by atoms with E-state index in [1.165, 1.54) is 38.8 Å². The lowest BCUT2D eigenvalue weighted by molar-refractivity contribution is 0.0711. The highest BCUT2D eigenvalue weighted by Crippen LogP contribution is 2.26. The van der Waals surface area contributed by atoms with Gasteiger partial charge < -0.3 is 10.7 Å². The molecule has 5 heteroatoms. The van der Waals surface area contributed by atoms with E-state index < -0.39 is 0 Å². The number of rotatable bonds is 4. The monoisotopic (exact) mass is 263 g/mol. The Labute approximate surface area is 115 Å². The Bertz CT molecular complexity index is 363. The van der Waals surface area contributed by atoms with Gasteiger partial charge in [-0.1, -0.05) is 12.8 Å². The first kappa shape index (κ1) is 13.1. The van der Waals surface area contributed by atoms with Crippen molar-refractivity contribution in [3.63, 3.8) is 0 Å². The van der Waals surface area contributed by atoms with Crippen LogP contribution in [0.3, 0.4) is 0 Å². The van der Waals surface area contributed by atoms with Crippen LogP contribution in [0.15, 0.2) is 12.5 Å². The highest BCUT2D eigenvalue weighted by molar-refractivity contribution is 5.04. The van der Waals surface area contributed by atoms with Gasteiger partial charge in [0.25, 0.3) is 0 Å². The second-order valence-electron chi connectivity index (χ2n) is 5.77. The van der Waals surface area contributed by atoms with E-state index in [0.717, 1.165) is 24.8 Å². The number of nitrogens with zero attached hydrogens (tertiary/aromatic N) is 3. The number of imidazole rings is 1. The zero-order valence-electron chi connectivity index (χ0n) is 11.6. The third-order valence-electron chi connectivity index (χ3n) is 4.73. The lowest BCUT2D eigenvalue weighted by Gasteiger charge is -2.41. The van der Waals surface area contributed by atoms with E-state index >= 15 is 0 Å². The fourth-order valence-corrected chi connectivity index (χ4v) is 3.61. The van der Waals surface area contributed by atoms with Crippen molar-refractivity contribution in [2.45, 2.75) is 37.8 Å². The molecule has 1 atom stereocenters. The molecule has 1 aromatic heterocycles. The maximum Gasteiger partial charge on any atom is 0.0922 e. The van der Waals surface area contributed by atoms with Crippen LogP contribution in [0, 0.1) is 0 Å². The van der Waals surface area contributed by atoms with Crippen LogP contribution in [-0.2, 0) is 0 Å². The number of H-pyrrole nitrogens is 1. The highest BCUT2D eigenvalue weighted by Gasteiger charge is 2.29. The number of aromatic amines is 1. The number of hydrogen-bond acceptors (Lipinski definition) is 4. The first-order valence-electron chi connectivity index (χ1n) is 7.55. The van der Waals surface area contributed by atoms with Crippen LogP contribution in [0.1, 0.15) is 37.4 Å². The summed E-state index contributed by atoms with van der Waals surface area (Å²) in [6, 6.07) is 1.15. The van der Waals surface area contributed by atoms with E-state index in [9.17, 15) is 0 Å². The van der Waals surface area contributed by atoms with Gasteiger partial charge in [0.1, 0.15) is 0 Å². The number of nitrogens with one attached hydrogen (secondary N) is 1. The Hall–Kier alpha value is -0.910. The Balaban J connectivity index is 1.56. The first-order chi connectivity index (χ1) is 9.38. The van der Waals surface area contributed by atoms with Gasteiger partial charge in [0, 0.05) is 45.0 Å². The predicted octanol–water partition coefficient (Wildman–Crippen LogP) is 0.970. The normalized spacial score (nSPS) is 24.9. The molecule has 1 unspecified atom stereocenters. The molecule has 1 saturated carbocycles. The Morgan fingerprint density at radius 2 is 2.00 bits per heavy atom. The molecule has 1 aliphatic carbocycles. The van der Waals surface area contributed by atoms with E-state index in [4.69, 9.17) is 5.73 Å². The third-order valence-corrected chi connectivity index (χ3v) is 4.73. The Kier molecular flexibility index (Phi) is 4.15. The molecule has 19 heavy (non-hydrogen) atoms. The minimum Gasteiger partial charge on any atom is -0.347 e. The van der Waals surface area contributed by atoms with Crippen molar-refractivity contribution >= 4 is 0 Å². The van der Waals surface area contributed by atoms with Crippen LogP contribution < -0.4 is 5.73 Å². The lowest BCUT2D eigenvalue weighted by Crippen LogP contribution is -2.51. The van der Waals surface area contributed by atoms with Crippen LogP contribution in [-0.4, -0.2) is 58.5 Å². The smallest absolute Gasteiger partial charge is 0.0922 e. The lowest BCUT2D eigenvalue weighted by atomic mass is 10.1. The molecule has 0 bridgehead atoms. The van der Waals surface area contributed by atoms with Crippen molar-refractivity contribution in [3.8, 4) is 0 Å². The largest absolute Gasteiger partial charge is 0.347 e. The summed E-state index contributed by atoms with van der Waals surface area (Å²) < 4.78 is 0. The summed E-state index contributed by atoms with van der Waals surface area (Å²) >= 11 is 0. The van der Waals surface area contributed by atoms with Gasteiger partial charge in [0.2, 0.25) is 0 Å². The number of piperazine rings is 1. The van der Waals surface area contributed by atoms with Crippen molar-refractivity contribution in [2.75, 3.05) is 32.7 Å². The maximum absolute atomic E-state index is 5.95. The molecular weight excluding hydrogens is 238 g/mol. The van der Waals surface area contributed by atoms with Gasteiger partial charge >= 0.3 is 0 Å². The molecular formula is C14H25N5. The van der Waals surface area contributed by atoms with Crippen LogP contribution in [0.2, 0.25) is 0 Å². The number of aromatic nitrogens is 2. The molecule has 2 aliphatic rings. The predicted molar refractivity (Wildman–Crippen MR) is 75.8 cm³/mol. The molecule has 0 aromatic carbocycles. The van der Waals surface area contributed by atoms with Gasteiger partial charge in [0.05, 0.1) is 18.1 Å². The van der Waals surface area contributed by atoms with Gasteiger partial charge in [-0.05, 0) is 12.8 Å². The SMILES string of the molecule is NCC(c1cnc[nH]1)N1CCN(C2CCCC2)CC1. The van der Waals surface area contributed by atoms with Gasteiger partial charge in [0.15, 0.2) is 0 Å². The molecule has 3 N–H and O–H groups in total. The van der Waals surface area contributed by atoms with Crippen molar-refractivity contribution < 1.29 is 0 Å². The zero-order valence-corrected chi connectivity index (χ0v) is 11.6. The minimum absolute atomic E-state index is 0.299. The molecule has 3 rings (SSSR count). The third kappa shape index (κ3) is 2.83. The second kappa shape index (κ2) is 6.03. The molecule has 1 aliphatic heterocycles. The fraction of sp³-hybridized carbons (Fsp3) is 0.786. The molecule has 0 radical (unpaired) electrons. The van der Waals surface area contributed by atoms with Crippen LogP contribution in [0.5, 0.6) is 0 Å². The second-order valence-corrected chi connectivity index (χ2v) is 5.77. The van der Waals surface area contributed by atoms with E-state index in [-0.39, 0.29) is 0 Å². The fourth-order valence-electron chi connectivity index (χ4n) is 3.61. The standard InChI is InChI=1S/C14H25N5/c15-9-14(13-10-16-11-17-13)19-7-5-18(6-8-19)12-3-1-2-4-12/h10-12,14H,1-9,15H2,(H,16,17). The van der Waals surface area contributed by atoms with Crippen molar-refractivity contribution in [1.29, 1.82) is 0 Å². The average molecular weight is 263 g/mol. The summed E-state index contributed by atoms with van der Waals surface area (Å²) in [6.07, 6.45) is 9.30. The summed E-state index contributed by atoms with van der Waals surface area (Å²) in [4.78, 5) is 12.5. The summed E-state index contributed by atoms with van der Waals surface area (Å²) in [5, 5.41) is 0. The van der Waals surface area contributed by atoms with Gasteiger partial charge in [-0.3, -0.25) is 9.80 Å². The molecule has 0 amide bonds. The molecule has 106 valence electrons. The van der Waals surface area contributed by atoms with Gasteiger partial charge in [-0.25, -0.2) is 4.98 Å². The van der Waals surface area contributed by atoms with E-state index in [2.05, 4.69) is 19.8 Å². The molecule has 5 nitrogen and oxygen atoms in total. The molecule has 0 spiro atoms. The van der Waals surface area contributed by atoms with E-state index in [1.807, 2.05) is 6.20 Å². The Morgan fingerprint density at radius 1 is 1.26 bits per heavy atom. The molecule has 1 saturated heterocycles. The van der Waals surface area contributed by atoms with Gasteiger partial charge in [-0.2, -0.15) is 0 Å². The van der Waals surface area contributed by atoms with Crippen LogP contribution >= 0.6 is 0 Å². The summed E-state index contributed by atoms with van der Waals surface area (Å²) in [5.74, 6) is 0. The Morgan fingerprint density at radius 3 is 2.58 bits per heavy atom. The van der Waals surface area contributed by atoms with Crippen molar-refractivity contribution in [2.24, 2.45) is 5.73 Å². The molecule has 1 aromatic rings. The van der Waals surface area contributed by atoms with Crippen LogP contribution in [0.4, 0.5) is 0 Å². The quantitative estimate of drug-likeness (QED) is 0.850. The average Bonchev–Trinajstić information content (AvgIpc) is 3.14. The topological polar surface area (TPSA) is 61.2 Å². The first-order valence-corrected chi connectivity index (χ1v) is 7.55. The van der Waals surface area contributed by atoms with E-state index in [1.54, 1.807) is 6.33 Å². The van der Waals surface area contributed by atoms with Crippen molar-refractivity contribution in [3.05, 3.63) is 18.2 Å². The van der Waals surface area contributed by atoms with Gasteiger partial charge in [-0.15, -0.1) is 0 Å². The molecule has 2 heterocycles. The summed E-state index contributed by atoms with van der Waals surface area (Å²) in [6.45, 7) is 5.28. The maximum atomic E-state index is 5.95. The summed E-state index contributed by atoms with van der Waals surface area (Å²) in [5.41, 5.74) is 7.10. The zero-order chi connectivity index (χ0) is 13.1. The van der Waals surface area contributed by atoms with Crippen molar-refractivity contribution in [1.82, 2.24) is 19.8 Å². The molecule has 2 fully saturated rings. The highest BCUT2D eigenvalue weighted by atomic mass is 15.3. The summed E-state index contributed by atoms with van der Waals surface area (Å²) in [7, 11) is 0.